The second-order valence-electron chi connectivity index (χ2n) is 6.37. The minimum Gasteiger partial charge on any atom is -0.461 e. The Bertz CT molecular complexity index is 474. The molecule has 1 fully saturated rings. The summed E-state index contributed by atoms with van der Waals surface area (Å²) in [5.41, 5.74) is 0.816. The lowest BCUT2D eigenvalue weighted by Gasteiger charge is -2.45. The average Bonchev–Trinajstić information content (AvgIpc) is 2.56. The van der Waals surface area contributed by atoms with Crippen molar-refractivity contribution in [3.63, 3.8) is 0 Å². The van der Waals surface area contributed by atoms with Gasteiger partial charge in [0.2, 0.25) is 0 Å². The first-order valence-electron chi connectivity index (χ1n) is 8.62. The van der Waals surface area contributed by atoms with E-state index in [2.05, 4.69) is 43.0 Å². The van der Waals surface area contributed by atoms with Crippen LogP contribution in [0.3, 0.4) is 0 Å². The fourth-order valence-corrected chi connectivity index (χ4v) is 3.28. The van der Waals surface area contributed by atoms with Crippen molar-refractivity contribution in [3.05, 3.63) is 35.9 Å². The first-order chi connectivity index (χ1) is 10.6. The number of nitrogens with zero attached hydrogens (tertiary/aromatic N) is 1. The van der Waals surface area contributed by atoms with E-state index in [9.17, 15) is 4.79 Å². The van der Waals surface area contributed by atoms with E-state index in [4.69, 9.17) is 4.74 Å². The van der Waals surface area contributed by atoms with Gasteiger partial charge in [-0.25, -0.2) is 0 Å². The second-order valence-corrected chi connectivity index (χ2v) is 6.37. The number of hydrogen-bond donors (Lipinski definition) is 0. The number of ether oxygens (including phenoxy) is 1. The van der Waals surface area contributed by atoms with E-state index < -0.39 is 5.54 Å². The number of hydrogen-bond acceptors (Lipinski definition) is 3. The van der Waals surface area contributed by atoms with E-state index in [0.29, 0.717) is 0 Å². The molecule has 0 amide bonds. The number of carbonyl (C=O) groups is 1. The summed E-state index contributed by atoms with van der Waals surface area (Å²) in [5, 5.41) is 0. The monoisotopic (exact) mass is 303 g/mol. The molecule has 0 aromatic heterocycles. The molecule has 1 heterocycles. The van der Waals surface area contributed by atoms with Gasteiger partial charge in [-0.05, 0) is 51.1 Å². The zero-order valence-corrected chi connectivity index (χ0v) is 14.2. The Morgan fingerprint density at radius 3 is 2.64 bits per heavy atom. The summed E-state index contributed by atoms with van der Waals surface area (Å²) in [4.78, 5) is 15.2. The summed E-state index contributed by atoms with van der Waals surface area (Å²) in [6.07, 6.45) is 4.85. The van der Waals surface area contributed by atoms with Crippen LogP contribution in [0.4, 0.5) is 0 Å². The van der Waals surface area contributed by atoms with Crippen LogP contribution in [0, 0.1) is 0 Å². The van der Waals surface area contributed by atoms with E-state index in [1.54, 1.807) is 0 Å². The lowest BCUT2D eigenvalue weighted by atomic mass is 9.83. The highest BCUT2D eigenvalue weighted by Crippen LogP contribution is 2.34. The summed E-state index contributed by atoms with van der Waals surface area (Å²) >= 11 is 0. The Labute approximate surface area is 134 Å². The van der Waals surface area contributed by atoms with Crippen LogP contribution < -0.4 is 0 Å². The quantitative estimate of drug-likeness (QED) is 0.739. The molecule has 0 radical (unpaired) electrons. The standard InChI is InChI=1S/C19H29NO2/c1-4-16(3)22-18(21)19(5-2)13-9-10-14-20(19)15-17-11-7-6-8-12-17/h6-8,11-12,16H,4-5,9-10,13-15H2,1-3H3. The first kappa shape index (κ1) is 17.0. The zero-order chi connectivity index (χ0) is 16.0. The highest BCUT2D eigenvalue weighted by atomic mass is 16.5. The fourth-order valence-electron chi connectivity index (χ4n) is 3.28. The Morgan fingerprint density at radius 1 is 1.27 bits per heavy atom. The Morgan fingerprint density at radius 2 is 2.00 bits per heavy atom. The van der Waals surface area contributed by atoms with E-state index in [-0.39, 0.29) is 12.1 Å². The summed E-state index contributed by atoms with van der Waals surface area (Å²) in [5.74, 6) is -0.0278. The minimum atomic E-state index is -0.447. The molecule has 122 valence electrons. The van der Waals surface area contributed by atoms with Crippen molar-refractivity contribution in [2.45, 2.75) is 71.1 Å². The molecule has 22 heavy (non-hydrogen) atoms. The lowest BCUT2D eigenvalue weighted by Crippen LogP contribution is -2.57. The molecule has 1 aliphatic rings. The van der Waals surface area contributed by atoms with Crippen molar-refractivity contribution in [2.24, 2.45) is 0 Å². The van der Waals surface area contributed by atoms with Gasteiger partial charge in [-0.15, -0.1) is 0 Å². The van der Waals surface area contributed by atoms with Crippen molar-refractivity contribution in [3.8, 4) is 0 Å². The molecule has 0 spiro atoms. The van der Waals surface area contributed by atoms with Crippen molar-refractivity contribution in [2.75, 3.05) is 6.54 Å². The lowest BCUT2D eigenvalue weighted by molar-refractivity contribution is -0.167. The average molecular weight is 303 g/mol. The summed E-state index contributed by atoms with van der Waals surface area (Å²) in [6.45, 7) is 7.94. The van der Waals surface area contributed by atoms with Crippen molar-refractivity contribution in [1.29, 1.82) is 0 Å². The molecular formula is C19H29NO2. The van der Waals surface area contributed by atoms with Crippen LogP contribution in [-0.4, -0.2) is 29.1 Å². The smallest absolute Gasteiger partial charge is 0.326 e. The first-order valence-corrected chi connectivity index (χ1v) is 8.62. The molecule has 0 aliphatic carbocycles. The van der Waals surface area contributed by atoms with Gasteiger partial charge in [-0.1, -0.05) is 44.2 Å². The van der Waals surface area contributed by atoms with Crippen LogP contribution in [0.15, 0.2) is 30.3 Å². The molecule has 0 N–H and O–H groups in total. The van der Waals surface area contributed by atoms with Crippen LogP contribution in [0.5, 0.6) is 0 Å². The molecule has 2 unspecified atom stereocenters. The largest absolute Gasteiger partial charge is 0.461 e. The van der Waals surface area contributed by atoms with E-state index in [0.717, 1.165) is 45.2 Å². The van der Waals surface area contributed by atoms with Crippen molar-refractivity contribution < 1.29 is 9.53 Å². The second kappa shape index (κ2) is 7.77. The van der Waals surface area contributed by atoms with Crippen LogP contribution in [0.1, 0.15) is 58.4 Å². The molecule has 1 aliphatic heterocycles. The molecule has 2 rings (SSSR count). The van der Waals surface area contributed by atoms with Crippen molar-refractivity contribution in [1.82, 2.24) is 4.90 Å². The van der Waals surface area contributed by atoms with Gasteiger partial charge in [0.25, 0.3) is 0 Å². The third-order valence-corrected chi connectivity index (χ3v) is 4.94. The van der Waals surface area contributed by atoms with Crippen LogP contribution in [0.25, 0.3) is 0 Å². The van der Waals surface area contributed by atoms with Gasteiger partial charge in [0, 0.05) is 6.54 Å². The normalized spacial score (nSPS) is 24.0. The summed E-state index contributed by atoms with van der Waals surface area (Å²) < 4.78 is 5.72. The predicted molar refractivity (Wildman–Crippen MR) is 89.6 cm³/mol. The van der Waals surface area contributed by atoms with Crippen molar-refractivity contribution >= 4 is 5.97 Å². The molecular weight excluding hydrogens is 274 g/mol. The third-order valence-electron chi connectivity index (χ3n) is 4.94. The molecule has 3 nitrogen and oxygen atoms in total. The van der Waals surface area contributed by atoms with Crippen LogP contribution in [0.2, 0.25) is 0 Å². The zero-order valence-electron chi connectivity index (χ0n) is 14.2. The molecule has 1 aromatic carbocycles. The predicted octanol–water partition coefficient (Wildman–Crippen LogP) is 4.16. The number of rotatable bonds is 6. The van der Waals surface area contributed by atoms with Gasteiger partial charge >= 0.3 is 5.97 Å². The molecule has 1 aromatic rings. The minimum absolute atomic E-state index is 0.00331. The summed E-state index contributed by atoms with van der Waals surface area (Å²) in [6, 6.07) is 10.4. The van der Waals surface area contributed by atoms with Gasteiger partial charge in [0.15, 0.2) is 0 Å². The Hall–Kier alpha value is -1.35. The maximum absolute atomic E-state index is 12.9. The highest BCUT2D eigenvalue weighted by molar-refractivity contribution is 5.81. The van der Waals surface area contributed by atoms with E-state index in [1.165, 1.54) is 5.56 Å². The van der Waals surface area contributed by atoms with Crippen LogP contribution in [-0.2, 0) is 16.1 Å². The fraction of sp³-hybridized carbons (Fsp3) is 0.632. The van der Waals surface area contributed by atoms with Crippen LogP contribution >= 0.6 is 0 Å². The Kier molecular flexibility index (Phi) is 6.01. The van der Waals surface area contributed by atoms with E-state index in [1.807, 2.05) is 13.0 Å². The molecule has 0 bridgehead atoms. The number of carbonyl (C=O) groups excluding carboxylic acids is 1. The topological polar surface area (TPSA) is 29.5 Å². The number of piperidine rings is 1. The number of benzene rings is 1. The number of esters is 1. The van der Waals surface area contributed by atoms with Gasteiger partial charge < -0.3 is 4.74 Å². The van der Waals surface area contributed by atoms with Gasteiger partial charge in [0.05, 0.1) is 6.10 Å². The SMILES string of the molecule is CCC(C)OC(=O)C1(CC)CCCCN1Cc1ccccc1. The third kappa shape index (κ3) is 3.70. The van der Waals surface area contributed by atoms with Gasteiger partial charge in [-0.3, -0.25) is 9.69 Å². The summed E-state index contributed by atoms with van der Waals surface area (Å²) in [7, 11) is 0. The maximum Gasteiger partial charge on any atom is 0.326 e. The van der Waals surface area contributed by atoms with E-state index >= 15 is 0 Å². The highest BCUT2D eigenvalue weighted by Gasteiger charge is 2.45. The van der Waals surface area contributed by atoms with Gasteiger partial charge in [-0.2, -0.15) is 0 Å². The maximum atomic E-state index is 12.9. The number of likely N-dealkylation sites (tertiary alicyclic amines) is 1. The molecule has 1 saturated heterocycles. The Balaban J connectivity index is 2.19. The molecule has 3 heteroatoms. The van der Waals surface area contributed by atoms with Gasteiger partial charge in [0.1, 0.15) is 5.54 Å². The molecule has 2 atom stereocenters. The molecule has 0 saturated carbocycles.